The number of carbonyl (C=O) groups excluding carboxylic acids is 1. The number of likely N-dealkylation sites (tertiary alicyclic amines) is 1. The molecule has 0 aliphatic carbocycles. The molecule has 1 atom stereocenters. The second-order valence-corrected chi connectivity index (χ2v) is 9.77. The van der Waals surface area contributed by atoms with Crippen LogP contribution in [0.5, 0.6) is 0 Å². The van der Waals surface area contributed by atoms with E-state index in [-0.39, 0.29) is 18.4 Å². The molecular formula is C26H26N10O3. The third kappa shape index (κ3) is 4.50. The zero-order chi connectivity index (χ0) is 27.1. The molecule has 2 aliphatic rings. The molecule has 198 valence electrons. The van der Waals surface area contributed by atoms with E-state index >= 15 is 0 Å². The highest BCUT2D eigenvalue weighted by Crippen LogP contribution is 2.29. The van der Waals surface area contributed by atoms with Gasteiger partial charge in [-0.15, -0.1) is 0 Å². The summed E-state index contributed by atoms with van der Waals surface area (Å²) in [5, 5.41) is 27.4. The lowest BCUT2D eigenvalue weighted by Crippen LogP contribution is -2.51. The second-order valence-electron chi connectivity index (χ2n) is 9.77. The van der Waals surface area contributed by atoms with E-state index in [1.807, 2.05) is 30.3 Å². The molecule has 0 aromatic carbocycles. The molecule has 1 N–H and O–H groups in total. The Kier molecular flexibility index (Phi) is 6.07. The molecule has 0 bridgehead atoms. The van der Waals surface area contributed by atoms with E-state index in [0.29, 0.717) is 61.6 Å². The average molecular weight is 527 g/mol. The molecule has 39 heavy (non-hydrogen) atoms. The average Bonchev–Trinajstić information content (AvgIpc) is 3.72. The maximum absolute atomic E-state index is 12.9. The van der Waals surface area contributed by atoms with Gasteiger partial charge in [-0.2, -0.15) is 15.5 Å². The third-order valence-electron chi connectivity index (χ3n) is 7.36. The standard InChI is InChI=1S/C26H26N10O3/c1-32-14-20(13-29-32)21-16-36-24(19(10-27)12-30-36)23(31-21)17-2-3-22(28-11-17)33-6-8-34(9-7-33)25(37)18-4-5-35(15-18)26(38)39/h2-3,11-14,16,18H,4-9,15H2,1H3,(H,38,39). The third-order valence-corrected chi connectivity index (χ3v) is 7.36. The number of fused-ring (bicyclic) bond motifs is 1. The Hall–Kier alpha value is -4.99. The van der Waals surface area contributed by atoms with Crippen LogP contribution in [0.1, 0.15) is 12.0 Å². The first-order valence-electron chi connectivity index (χ1n) is 12.7. The first kappa shape index (κ1) is 24.4. The molecule has 2 amide bonds. The lowest BCUT2D eigenvalue weighted by Gasteiger charge is -2.36. The topological polar surface area (TPSA) is 149 Å². The molecule has 1 unspecified atom stereocenters. The van der Waals surface area contributed by atoms with E-state index < -0.39 is 6.09 Å². The van der Waals surface area contributed by atoms with Crippen molar-refractivity contribution in [2.45, 2.75) is 6.42 Å². The summed E-state index contributed by atoms with van der Waals surface area (Å²) in [7, 11) is 1.84. The van der Waals surface area contributed by atoms with Crippen molar-refractivity contribution < 1.29 is 14.7 Å². The molecular weight excluding hydrogens is 500 g/mol. The minimum absolute atomic E-state index is 0.0272. The Morgan fingerprint density at radius 1 is 1.00 bits per heavy atom. The SMILES string of the molecule is Cn1cc(-c2cn3ncc(C#N)c3c(-c3ccc(N4CCN(C(=O)C5CCN(C(=O)O)C5)CC4)nc3)n2)cn1. The fourth-order valence-corrected chi connectivity index (χ4v) is 5.25. The van der Waals surface area contributed by atoms with Crippen LogP contribution in [-0.2, 0) is 11.8 Å². The van der Waals surface area contributed by atoms with Crippen molar-refractivity contribution in [3.8, 4) is 28.6 Å². The van der Waals surface area contributed by atoms with E-state index in [1.54, 1.807) is 27.8 Å². The van der Waals surface area contributed by atoms with Crippen LogP contribution in [0, 0.1) is 17.2 Å². The van der Waals surface area contributed by atoms with Gasteiger partial charge in [0.1, 0.15) is 23.0 Å². The van der Waals surface area contributed by atoms with Gasteiger partial charge in [0, 0.05) is 69.8 Å². The molecule has 2 fully saturated rings. The zero-order valence-electron chi connectivity index (χ0n) is 21.3. The summed E-state index contributed by atoms with van der Waals surface area (Å²) in [4.78, 5) is 38.9. The van der Waals surface area contributed by atoms with Crippen molar-refractivity contribution >= 4 is 23.3 Å². The van der Waals surface area contributed by atoms with Crippen molar-refractivity contribution in [3.63, 3.8) is 0 Å². The molecule has 0 spiro atoms. The number of rotatable bonds is 4. The van der Waals surface area contributed by atoms with Gasteiger partial charge >= 0.3 is 6.09 Å². The number of nitriles is 1. The first-order valence-corrected chi connectivity index (χ1v) is 12.7. The van der Waals surface area contributed by atoms with Gasteiger partial charge in [0.25, 0.3) is 0 Å². The normalized spacial score (nSPS) is 17.5. The number of carbonyl (C=O) groups is 2. The summed E-state index contributed by atoms with van der Waals surface area (Å²) >= 11 is 0. The Labute approximate surface area is 223 Å². The smallest absolute Gasteiger partial charge is 0.407 e. The van der Waals surface area contributed by atoms with Crippen LogP contribution in [0.4, 0.5) is 10.6 Å². The number of pyridine rings is 1. The van der Waals surface area contributed by atoms with Gasteiger partial charge in [-0.25, -0.2) is 19.3 Å². The summed E-state index contributed by atoms with van der Waals surface area (Å²) in [5.74, 6) is 0.551. The maximum Gasteiger partial charge on any atom is 0.407 e. The predicted octanol–water partition coefficient (Wildman–Crippen LogP) is 1.71. The summed E-state index contributed by atoms with van der Waals surface area (Å²) in [6.07, 6.45) is 8.25. The number of nitrogens with zero attached hydrogens (tertiary/aromatic N) is 10. The van der Waals surface area contributed by atoms with E-state index in [1.165, 1.54) is 11.1 Å². The number of aryl methyl sites for hydroxylation is 1. The van der Waals surface area contributed by atoms with Crippen LogP contribution in [0.15, 0.2) is 43.1 Å². The molecule has 0 saturated carbocycles. The van der Waals surface area contributed by atoms with Crippen LogP contribution in [0.25, 0.3) is 28.0 Å². The Morgan fingerprint density at radius 2 is 1.82 bits per heavy atom. The predicted molar refractivity (Wildman–Crippen MR) is 140 cm³/mol. The van der Waals surface area contributed by atoms with E-state index in [2.05, 4.69) is 21.2 Å². The molecule has 2 saturated heterocycles. The molecule has 2 aliphatic heterocycles. The van der Waals surface area contributed by atoms with Crippen molar-refractivity contribution in [1.29, 1.82) is 5.26 Å². The Balaban J connectivity index is 1.20. The van der Waals surface area contributed by atoms with Gasteiger partial charge in [0.2, 0.25) is 5.91 Å². The summed E-state index contributed by atoms with van der Waals surface area (Å²) in [5.41, 5.74) is 3.90. The van der Waals surface area contributed by atoms with Gasteiger partial charge in [0.15, 0.2) is 0 Å². The van der Waals surface area contributed by atoms with Crippen LogP contribution in [0.3, 0.4) is 0 Å². The summed E-state index contributed by atoms with van der Waals surface area (Å²) in [6.45, 7) is 3.06. The lowest BCUT2D eigenvalue weighted by atomic mass is 10.1. The molecule has 4 aromatic rings. The highest BCUT2D eigenvalue weighted by molar-refractivity contribution is 5.83. The monoisotopic (exact) mass is 526 g/mol. The Bertz CT molecular complexity index is 1590. The number of anilines is 1. The number of aromatic nitrogens is 6. The molecule has 6 heterocycles. The molecule has 13 nitrogen and oxygen atoms in total. The van der Waals surface area contributed by atoms with Crippen molar-refractivity contribution in [3.05, 3.63) is 48.7 Å². The van der Waals surface area contributed by atoms with Crippen LogP contribution < -0.4 is 4.90 Å². The molecule has 13 heteroatoms. The zero-order valence-corrected chi connectivity index (χ0v) is 21.3. The van der Waals surface area contributed by atoms with Gasteiger partial charge in [-0.3, -0.25) is 9.48 Å². The molecule has 6 rings (SSSR count). The number of carboxylic acid groups (broad SMARTS) is 1. The minimum atomic E-state index is -0.971. The molecule has 0 radical (unpaired) electrons. The highest BCUT2D eigenvalue weighted by Gasteiger charge is 2.34. The Morgan fingerprint density at radius 3 is 2.46 bits per heavy atom. The quantitative estimate of drug-likeness (QED) is 0.419. The van der Waals surface area contributed by atoms with Crippen LogP contribution in [-0.4, -0.2) is 95.5 Å². The number of piperazine rings is 1. The van der Waals surface area contributed by atoms with Gasteiger partial charge in [0.05, 0.1) is 35.9 Å². The van der Waals surface area contributed by atoms with Crippen LogP contribution >= 0.6 is 0 Å². The first-order chi connectivity index (χ1) is 18.9. The van der Waals surface area contributed by atoms with Gasteiger partial charge in [-0.05, 0) is 18.6 Å². The fourth-order valence-electron chi connectivity index (χ4n) is 5.25. The number of hydrogen-bond acceptors (Lipinski definition) is 8. The number of amides is 2. The van der Waals surface area contributed by atoms with Crippen LogP contribution in [0.2, 0.25) is 0 Å². The summed E-state index contributed by atoms with van der Waals surface area (Å²) < 4.78 is 3.36. The minimum Gasteiger partial charge on any atom is -0.465 e. The molecule has 4 aromatic heterocycles. The van der Waals surface area contributed by atoms with E-state index in [9.17, 15) is 20.0 Å². The van der Waals surface area contributed by atoms with Gasteiger partial charge < -0.3 is 19.8 Å². The van der Waals surface area contributed by atoms with E-state index in [4.69, 9.17) is 9.97 Å². The van der Waals surface area contributed by atoms with E-state index in [0.717, 1.165) is 16.9 Å². The van der Waals surface area contributed by atoms with Gasteiger partial charge in [-0.1, -0.05) is 0 Å². The van der Waals surface area contributed by atoms with Crippen molar-refractivity contribution in [1.82, 2.24) is 39.2 Å². The number of hydrogen-bond donors (Lipinski definition) is 1. The lowest BCUT2D eigenvalue weighted by molar-refractivity contribution is -0.135. The maximum atomic E-state index is 12.9. The fraction of sp³-hybridized carbons (Fsp3) is 0.346. The largest absolute Gasteiger partial charge is 0.465 e. The van der Waals surface area contributed by atoms with Crippen molar-refractivity contribution in [2.24, 2.45) is 13.0 Å². The summed E-state index contributed by atoms with van der Waals surface area (Å²) in [6, 6.07) is 6.05. The van der Waals surface area contributed by atoms with Crippen molar-refractivity contribution in [2.75, 3.05) is 44.2 Å². The second kappa shape index (κ2) is 9.71. The highest BCUT2D eigenvalue weighted by atomic mass is 16.4.